The van der Waals surface area contributed by atoms with Crippen LogP contribution >= 0.6 is 0 Å². The minimum absolute atomic E-state index is 0.0397. The maximum absolute atomic E-state index is 12.3. The van der Waals surface area contributed by atoms with Gasteiger partial charge in [0.1, 0.15) is 0 Å². The number of hydrogen-bond acceptors (Lipinski definition) is 6. The summed E-state index contributed by atoms with van der Waals surface area (Å²) in [5.74, 6) is -0.179. The van der Waals surface area contributed by atoms with Crippen LogP contribution in [0.2, 0.25) is 0 Å². The molecule has 1 aliphatic heterocycles. The van der Waals surface area contributed by atoms with Crippen LogP contribution in [0.1, 0.15) is 36.7 Å². The van der Waals surface area contributed by atoms with Gasteiger partial charge in [0.25, 0.3) is 5.89 Å². The van der Waals surface area contributed by atoms with E-state index in [1.54, 1.807) is 18.7 Å². The molecule has 2 heterocycles. The van der Waals surface area contributed by atoms with E-state index in [0.717, 1.165) is 5.56 Å². The molecule has 0 saturated carbocycles. The minimum Gasteiger partial charge on any atom is -0.452 e. The second-order valence-electron chi connectivity index (χ2n) is 5.92. The van der Waals surface area contributed by atoms with E-state index < -0.39 is 18.0 Å². The summed E-state index contributed by atoms with van der Waals surface area (Å²) in [6.45, 7) is 4.23. The van der Waals surface area contributed by atoms with Crippen molar-refractivity contribution >= 4 is 11.9 Å². The van der Waals surface area contributed by atoms with Crippen molar-refractivity contribution in [2.75, 3.05) is 6.54 Å². The normalized spacial score (nSPS) is 18.7. The lowest BCUT2D eigenvalue weighted by Gasteiger charge is -2.17. The smallest absolute Gasteiger partial charge is 0.312 e. The summed E-state index contributed by atoms with van der Waals surface area (Å²) < 4.78 is 10.4. The molecule has 3 rings (SSSR count). The highest BCUT2D eigenvalue weighted by molar-refractivity contribution is 5.86. The fourth-order valence-electron chi connectivity index (χ4n) is 2.69. The summed E-state index contributed by atoms with van der Waals surface area (Å²) in [4.78, 5) is 30.1. The molecule has 7 nitrogen and oxygen atoms in total. The Morgan fingerprint density at radius 3 is 2.83 bits per heavy atom. The van der Waals surface area contributed by atoms with Crippen molar-refractivity contribution in [3.63, 3.8) is 0 Å². The van der Waals surface area contributed by atoms with Gasteiger partial charge in [-0.3, -0.25) is 9.59 Å². The minimum atomic E-state index is -0.628. The van der Waals surface area contributed by atoms with Crippen LogP contribution in [0.15, 0.2) is 34.9 Å². The molecule has 1 saturated heterocycles. The molecule has 0 radical (unpaired) electrons. The third kappa shape index (κ3) is 3.61. The lowest BCUT2D eigenvalue weighted by Crippen LogP contribution is -2.26. The molecule has 1 amide bonds. The van der Waals surface area contributed by atoms with Crippen molar-refractivity contribution in [3.05, 3.63) is 47.6 Å². The molecule has 0 bridgehead atoms. The number of hydrogen-bond donors (Lipinski definition) is 0. The van der Waals surface area contributed by atoms with E-state index in [1.165, 1.54) is 0 Å². The highest BCUT2D eigenvalue weighted by Gasteiger charge is 2.36. The Morgan fingerprint density at radius 1 is 1.42 bits per heavy atom. The molecule has 1 aromatic heterocycles. The average Bonchev–Trinajstić information content (AvgIpc) is 3.15. The molecule has 24 heavy (non-hydrogen) atoms. The molecule has 0 aliphatic carbocycles. The number of amides is 1. The number of ether oxygens (including phenoxy) is 1. The standard InChI is InChI=1S/C17H19N3O4/c1-11(16-18-12(2)19-24-16)23-17(22)14-8-15(21)20(10-14)9-13-6-4-3-5-7-13/h3-7,11,14H,8-10H2,1-2H3/t11-,14+/m0/s1. The van der Waals surface area contributed by atoms with Gasteiger partial charge in [-0.2, -0.15) is 4.98 Å². The summed E-state index contributed by atoms with van der Waals surface area (Å²) in [5, 5.41) is 3.67. The number of esters is 1. The van der Waals surface area contributed by atoms with Crippen LogP contribution in [0.3, 0.4) is 0 Å². The zero-order valence-corrected chi connectivity index (χ0v) is 13.6. The fourth-order valence-corrected chi connectivity index (χ4v) is 2.69. The number of rotatable bonds is 5. The molecule has 126 valence electrons. The predicted molar refractivity (Wildman–Crippen MR) is 83.5 cm³/mol. The number of aryl methyl sites for hydroxylation is 1. The van der Waals surface area contributed by atoms with Crippen LogP contribution in [0.5, 0.6) is 0 Å². The van der Waals surface area contributed by atoms with E-state index in [1.807, 2.05) is 30.3 Å². The van der Waals surface area contributed by atoms with Crippen LogP contribution in [-0.2, 0) is 20.9 Å². The van der Waals surface area contributed by atoms with Gasteiger partial charge in [0.05, 0.1) is 5.92 Å². The Bertz CT molecular complexity index is 728. The number of carbonyl (C=O) groups is 2. The second-order valence-corrected chi connectivity index (χ2v) is 5.92. The van der Waals surface area contributed by atoms with E-state index in [4.69, 9.17) is 9.26 Å². The van der Waals surface area contributed by atoms with Gasteiger partial charge in [-0.15, -0.1) is 0 Å². The molecule has 1 aliphatic rings. The summed E-state index contributed by atoms with van der Waals surface area (Å²) in [6.07, 6.45) is -0.460. The molecular formula is C17H19N3O4. The summed E-state index contributed by atoms with van der Waals surface area (Å²) in [7, 11) is 0. The predicted octanol–water partition coefficient (Wildman–Crippen LogP) is 2.03. The number of benzene rings is 1. The first-order valence-corrected chi connectivity index (χ1v) is 7.85. The van der Waals surface area contributed by atoms with Crippen molar-refractivity contribution in [2.24, 2.45) is 5.92 Å². The Hall–Kier alpha value is -2.70. The zero-order valence-electron chi connectivity index (χ0n) is 13.6. The largest absolute Gasteiger partial charge is 0.452 e. The lowest BCUT2D eigenvalue weighted by atomic mass is 10.1. The highest BCUT2D eigenvalue weighted by atomic mass is 16.6. The number of likely N-dealkylation sites (tertiary alicyclic amines) is 1. The number of nitrogens with zero attached hydrogens (tertiary/aromatic N) is 3. The third-order valence-electron chi connectivity index (χ3n) is 3.95. The molecule has 7 heteroatoms. The van der Waals surface area contributed by atoms with Crippen molar-refractivity contribution < 1.29 is 18.8 Å². The Morgan fingerprint density at radius 2 is 2.17 bits per heavy atom. The van der Waals surface area contributed by atoms with Crippen LogP contribution in [0, 0.1) is 12.8 Å². The number of carbonyl (C=O) groups excluding carboxylic acids is 2. The van der Waals surface area contributed by atoms with Gasteiger partial charge in [0, 0.05) is 19.5 Å². The quantitative estimate of drug-likeness (QED) is 0.780. The zero-order chi connectivity index (χ0) is 17.1. The Kier molecular flexibility index (Phi) is 4.59. The molecule has 2 aromatic rings. The highest BCUT2D eigenvalue weighted by Crippen LogP contribution is 2.24. The van der Waals surface area contributed by atoms with Crippen LogP contribution in [0.25, 0.3) is 0 Å². The van der Waals surface area contributed by atoms with Gasteiger partial charge in [-0.25, -0.2) is 0 Å². The van der Waals surface area contributed by atoms with Gasteiger partial charge < -0.3 is 14.2 Å². The third-order valence-corrected chi connectivity index (χ3v) is 3.95. The fraction of sp³-hybridized carbons (Fsp3) is 0.412. The first-order valence-electron chi connectivity index (χ1n) is 7.85. The van der Waals surface area contributed by atoms with Crippen LogP contribution in [0.4, 0.5) is 0 Å². The number of aromatic nitrogens is 2. The topological polar surface area (TPSA) is 85.5 Å². The van der Waals surface area contributed by atoms with E-state index in [9.17, 15) is 9.59 Å². The maximum Gasteiger partial charge on any atom is 0.312 e. The maximum atomic E-state index is 12.3. The molecule has 0 unspecified atom stereocenters. The van der Waals surface area contributed by atoms with Crippen molar-refractivity contribution in [2.45, 2.75) is 32.9 Å². The summed E-state index contributed by atoms with van der Waals surface area (Å²) in [5.41, 5.74) is 1.04. The van der Waals surface area contributed by atoms with Gasteiger partial charge in [-0.05, 0) is 19.4 Å². The molecule has 2 atom stereocenters. The van der Waals surface area contributed by atoms with E-state index in [0.29, 0.717) is 18.9 Å². The van der Waals surface area contributed by atoms with Crippen molar-refractivity contribution in [1.29, 1.82) is 0 Å². The van der Waals surface area contributed by atoms with E-state index >= 15 is 0 Å². The van der Waals surface area contributed by atoms with Crippen LogP contribution in [-0.4, -0.2) is 33.5 Å². The van der Waals surface area contributed by atoms with Gasteiger partial charge in [0.2, 0.25) is 5.91 Å². The molecule has 1 aromatic carbocycles. The van der Waals surface area contributed by atoms with E-state index in [-0.39, 0.29) is 18.2 Å². The molecule has 0 N–H and O–H groups in total. The van der Waals surface area contributed by atoms with Crippen LogP contribution < -0.4 is 0 Å². The molecular weight excluding hydrogens is 310 g/mol. The summed E-state index contributed by atoms with van der Waals surface area (Å²) >= 11 is 0. The summed E-state index contributed by atoms with van der Waals surface area (Å²) in [6, 6.07) is 9.69. The lowest BCUT2D eigenvalue weighted by molar-refractivity contribution is -0.154. The van der Waals surface area contributed by atoms with Gasteiger partial charge in [-0.1, -0.05) is 35.5 Å². The Balaban J connectivity index is 1.57. The van der Waals surface area contributed by atoms with Crippen molar-refractivity contribution in [1.82, 2.24) is 15.0 Å². The monoisotopic (exact) mass is 329 g/mol. The second kappa shape index (κ2) is 6.82. The first-order chi connectivity index (χ1) is 11.5. The molecule has 1 fully saturated rings. The van der Waals surface area contributed by atoms with Crippen molar-refractivity contribution in [3.8, 4) is 0 Å². The SMILES string of the molecule is Cc1noc([C@H](C)OC(=O)[C@@H]2CC(=O)N(Cc3ccccc3)C2)n1. The first kappa shape index (κ1) is 16.2. The van der Waals surface area contributed by atoms with Gasteiger partial charge in [0.15, 0.2) is 11.9 Å². The average molecular weight is 329 g/mol. The van der Waals surface area contributed by atoms with Gasteiger partial charge >= 0.3 is 5.97 Å². The molecule has 0 spiro atoms. The van der Waals surface area contributed by atoms with E-state index in [2.05, 4.69) is 10.1 Å². The Labute approximate surface area is 139 Å².